The van der Waals surface area contributed by atoms with Gasteiger partial charge < -0.3 is 10.1 Å². The number of nitrogens with zero attached hydrogens (tertiary/aromatic N) is 1. The van der Waals surface area contributed by atoms with Gasteiger partial charge in [-0.05, 0) is 24.6 Å². The summed E-state index contributed by atoms with van der Waals surface area (Å²) in [5.74, 6) is -1.14. The van der Waals surface area contributed by atoms with E-state index in [2.05, 4.69) is 5.32 Å². The molecule has 2 rings (SSSR count). The van der Waals surface area contributed by atoms with Crippen molar-refractivity contribution in [2.45, 2.75) is 19.6 Å². The van der Waals surface area contributed by atoms with Crippen LogP contribution in [0, 0.1) is 10.1 Å². The molecular formula is C17H16N2O5. The quantitative estimate of drug-likeness (QED) is 0.499. The van der Waals surface area contributed by atoms with E-state index in [0.29, 0.717) is 6.54 Å². The number of esters is 1. The maximum Gasteiger partial charge on any atom is 0.338 e. The van der Waals surface area contributed by atoms with Crippen LogP contribution in [0.2, 0.25) is 0 Å². The topological polar surface area (TPSA) is 98.5 Å². The summed E-state index contributed by atoms with van der Waals surface area (Å²) in [5.41, 5.74) is 0.947. The predicted molar refractivity (Wildman–Crippen MR) is 86.3 cm³/mol. The molecule has 0 fully saturated rings. The Hall–Kier alpha value is -3.22. The first kappa shape index (κ1) is 17.1. The van der Waals surface area contributed by atoms with E-state index in [-0.39, 0.29) is 11.3 Å². The van der Waals surface area contributed by atoms with Gasteiger partial charge in [0.15, 0.2) is 6.10 Å². The Balaban J connectivity index is 1.88. The third kappa shape index (κ3) is 4.64. The Kier molecular flexibility index (Phi) is 5.62. The van der Waals surface area contributed by atoms with Gasteiger partial charge in [-0.15, -0.1) is 0 Å². The molecule has 7 nitrogen and oxygen atoms in total. The van der Waals surface area contributed by atoms with Gasteiger partial charge in [0.1, 0.15) is 0 Å². The summed E-state index contributed by atoms with van der Waals surface area (Å²) in [6, 6.07) is 14.3. The molecule has 124 valence electrons. The molecule has 1 amide bonds. The van der Waals surface area contributed by atoms with E-state index in [1.807, 2.05) is 30.3 Å². The van der Waals surface area contributed by atoms with Gasteiger partial charge in [-0.25, -0.2) is 4.79 Å². The highest BCUT2D eigenvalue weighted by atomic mass is 16.6. The summed E-state index contributed by atoms with van der Waals surface area (Å²) in [4.78, 5) is 33.9. The van der Waals surface area contributed by atoms with Crippen LogP contribution in [0.3, 0.4) is 0 Å². The maximum absolute atomic E-state index is 11.9. The molecule has 0 heterocycles. The molecule has 0 aromatic heterocycles. The molecule has 0 aliphatic carbocycles. The first-order valence-corrected chi connectivity index (χ1v) is 7.24. The van der Waals surface area contributed by atoms with Crippen LogP contribution in [0.25, 0.3) is 0 Å². The fourth-order valence-electron chi connectivity index (χ4n) is 1.93. The average Bonchev–Trinajstić information content (AvgIpc) is 2.60. The zero-order valence-electron chi connectivity index (χ0n) is 13.0. The van der Waals surface area contributed by atoms with Gasteiger partial charge >= 0.3 is 5.97 Å². The van der Waals surface area contributed by atoms with Crippen LogP contribution in [0.15, 0.2) is 54.6 Å². The summed E-state index contributed by atoms with van der Waals surface area (Å²) >= 11 is 0. The Morgan fingerprint density at radius 1 is 1.12 bits per heavy atom. The minimum atomic E-state index is -0.976. The number of nitrogens with one attached hydrogen (secondary N) is 1. The van der Waals surface area contributed by atoms with Crippen LogP contribution in [0.5, 0.6) is 0 Å². The van der Waals surface area contributed by atoms with Crippen molar-refractivity contribution >= 4 is 17.6 Å². The normalized spacial score (nSPS) is 11.4. The van der Waals surface area contributed by atoms with Gasteiger partial charge in [-0.3, -0.25) is 14.9 Å². The van der Waals surface area contributed by atoms with E-state index in [9.17, 15) is 19.7 Å². The van der Waals surface area contributed by atoms with Crippen molar-refractivity contribution in [2.24, 2.45) is 0 Å². The van der Waals surface area contributed by atoms with Gasteiger partial charge in [0, 0.05) is 18.7 Å². The van der Waals surface area contributed by atoms with Gasteiger partial charge in [0.2, 0.25) is 0 Å². The van der Waals surface area contributed by atoms with Crippen LogP contribution < -0.4 is 5.32 Å². The molecule has 7 heteroatoms. The summed E-state index contributed by atoms with van der Waals surface area (Å²) in [6.45, 7) is 1.79. The van der Waals surface area contributed by atoms with Gasteiger partial charge in [-0.1, -0.05) is 30.3 Å². The number of rotatable bonds is 6. The van der Waals surface area contributed by atoms with E-state index in [1.165, 1.54) is 31.2 Å². The molecule has 2 aromatic rings. The first-order chi connectivity index (χ1) is 11.5. The highest BCUT2D eigenvalue weighted by Gasteiger charge is 2.19. The minimum absolute atomic E-state index is 0.125. The fourth-order valence-corrected chi connectivity index (χ4v) is 1.93. The predicted octanol–water partition coefficient (Wildman–Crippen LogP) is 2.46. The van der Waals surface area contributed by atoms with E-state index in [4.69, 9.17) is 4.74 Å². The third-order valence-electron chi connectivity index (χ3n) is 3.28. The summed E-state index contributed by atoms with van der Waals surface area (Å²) in [7, 11) is 0. The third-order valence-corrected chi connectivity index (χ3v) is 3.28. The molecule has 0 radical (unpaired) electrons. The van der Waals surface area contributed by atoms with E-state index < -0.39 is 22.9 Å². The second-order valence-corrected chi connectivity index (χ2v) is 5.05. The smallest absolute Gasteiger partial charge is 0.338 e. The molecule has 0 spiro atoms. The number of ether oxygens (including phenoxy) is 1. The van der Waals surface area contributed by atoms with Crippen LogP contribution in [-0.4, -0.2) is 22.9 Å². The van der Waals surface area contributed by atoms with E-state index in [0.717, 1.165) is 5.56 Å². The molecule has 0 bridgehead atoms. The summed E-state index contributed by atoms with van der Waals surface area (Å²) < 4.78 is 5.07. The highest BCUT2D eigenvalue weighted by Crippen LogP contribution is 2.13. The molecule has 24 heavy (non-hydrogen) atoms. The summed E-state index contributed by atoms with van der Waals surface area (Å²) in [6.07, 6.45) is -0.976. The zero-order valence-corrected chi connectivity index (χ0v) is 13.0. The molecule has 1 N–H and O–H groups in total. The van der Waals surface area contributed by atoms with Gasteiger partial charge in [-0.2, -0.15) is 0 Å². The Labute approximate surface area is 138 Å². The van der Waals surface area contributed by atoms with Crippen molar-refractivity contribution in [1.29, 1.82) is 0 Å². The lowest BCUT2D eigenvalue weighted by atomic mass is 10.2. The second kappa shape index (κ2) is 7.87. The number of benzene rings is 2. The number of nitro groups is 1. The monoisotopic (exact) mass is 328 g/mol. The summed E-state index contributed by atoms with van der Waals surface area (Å²) in [5, 5.41) is 13.2. The van der Waals surface area contributed by atoms with Crippen molar-refractivity contribution in [3.63, 3.8) is 0 Å². The van der Waals surface area contributed by atoms with E-state index in [1.54, 1.807) is 0 Å². The number of carbonyl (C=O) groups is 2. The maximum atomic E-state index is 11.9. The zero-order chi connectivity index (χ0) is 17.5. The van der Waals surface area contributed by atoms with Gasteiger partial charge in [0.05, 0.1) is 10.5 Å². The number of amides is 1. The Morgan fingerprint density at radius 2 is 1.75 bits per heavy atom. The fraction of sp³-hybridized carbons (Fsp3) is 0.176. The number of carbonyl (C=O) groups excluding carboxylic acids is 2. The molecule has 0 unspecified atom stereocenters. The number of hydrogen-bond acceptors (Lipinski definition) is 5. The molecule has 1 atom stereocenters. The lowest BCUT2D eigenvalue weighted by Gasteiger charge is -2.13. The molecular weight excluding hydrogens is 312 g/mol. The molecule has 0 aliphatic heterocycles. The molecule has 0 saturated heterocycles. The van der Waals surface area contributed by atoms with Crippen molar-refractivity contribution < 1.29 is 19.2 Å². The van der Waals surface area contributed by atoms with Crippen molar-refractivity contribution in [3.05, 3.63) is 75.8 Å². The van der Waals surface area contributed by atoms with Crippen LogP contribution >= 0.6 is 0 Å². The number of nitro benzene ring substituents is 1. The molecule has 2 aromatic carbocycles. The van der Waals surface area contributed by atoms with E-state index >= 15 is 0 Å². The Bertz CT molecular complexity index is 728. The largest absolute Gasteiger partial charge is 0.449 e. The standard InChI is InChI=1S/C17H16N2O5/c1-12(16(20)18-11-13-5-3-2-4-6-13)24-17(21)14-7-9-15(10-8-14)19(22)23/h2-10,12H,11H2,1H3,(H,18,20)/t12-/m0/s1. The first-order valence-electron chi connectivity index (χ1n) is 7.24. The van der Waals surface area contributed by atoms with Crippen LogP contribution in [0.4, 0.5) is 5.69 Å². The number of hydrogen-bond donors (Lipinski definition) is 1. The van der Waals surface area contributed by atoms with Gasteiger partial charge in [0.25, 0.3) is 11.6 Å². The second-order valence-electron chi connectivity index (χ2n) is 5.05. The van der Waals surface area contributed by atoms with Crippen molar-refractivity contribution in [1.82, 2.24) is 5.32 Å². The average molecular weight is 328 g/mol. The Morgan fingerprint density at radius 3 is 2.33 bits per heavy atom. The highest BCUT2D eigenvalue weighted by molar-refractivity contribution is 5.92. The lowest BCUT2D eigenvalue weighted by molar-refractivity contribution is -0.384. The van der Waals surface area contributed by atoms with Crippen molar-refractivity contribution in [3.8, 4) is 0 Å². The SMILES string of the molecule is C[C@H](OC(=O)c1ccc([N+](=O)[O-])cc1)C(=O)NCc1ccccc1. The van der Waals surface area contributed by atoms with Crippen LogP contribution in [-0.2, 0) is 16.1 Å². The minimum Gasteiger partial charge on any atom is -0.449 e. The van der Waals surface area contributed by atoms with Crippen molar-refractivity contribution in [2.75, 3.05) is 0 Å². The number of non-ortho nitro benzene ring substituents is 1. The molecule has 0 aliphatic rings. The molecule has 0 saturated carbocycles. The lowest BCUT2D eigenvalue weighted by Crippen LogP contribution is -2.35. The van der Waals surface area contributed by atoms with Crippen LogP contribution in [0.1, 0.15) is 22.8 Å².